The van der Waals surface area contributed by atoms with E-state index in [1.54, 1.807) is 18.2 Å². The molecule has 0 aliphatic heterocycles. The highest BCUT2D eigenvalue weighted by atomic mass is 16.7. The number of hydrogen-bond acceptors (Lipinski definition) is 7. The van der Waals surface area contributed by atoms with Crippen LogP contribution in [0.5, 0.6) is 5.75 Å². The normalized spacial score (nSPS) is 13.8. The van der Waals surface area contributed by atoms with Gasteiger partial charge in [0.1, 0.15) is 18.1 Å². The average Bonchev–Trinajstić information content (AvgIpc) is 3.34. The van der Waals surface area contributed by atoms with E-state index < -0.39 is 4.92 Å². The van der Waals surface area contributed by atoms with Gasteiger partial charge in [-0.3, -0.25) is 14.8 Å². The lowest BCUT2D eigenvalue weighted by atomic mass is 10.1. The number of methoxy groups -OCH3 is 1. The first-order valence-corrected chi connectivity index (χ1v) is 7.65. The Morgan fingerprint density at radius 3 is 2.96 bits per heavy atom. The zero-order chi connectivity index (χ0) is 17.8. The van der Waals surface area contributed by atoms with Crippen molar-refractivity contribution in [3.8, 4) is 5.75 Å². The molecule has 9 heteroatoms. The first kappa shape index (κ1) is 16.6. The van der Waals surface area contributed by atoms with Gasteiger partial charge in [-0.2, -0.15) is 5.10 Å². The van der Waals surface area contributed by atoms with Crippen LogP contribution in [0.4, 0.5) is 5.69 Å². The Balaban J connectivity index is 1.73. The lowest BCUT2D eigenvalue weighted by Gasteiger charge is -2.09. The van der Waals surface area contributed by atoms with Crippen LogP contribution in [0, 0.1) is 16.0 Å². The largest absolute Gasteiger partial charge is 0.496 e. The van der Waals surface area contributed by atoms with Gasteiger partial charge in [-0.15, -0.1) is 0 Å². The van der Waals surface area contributed by atoms with Gasteiger partial charge in [-0.1, -0.05) is 5.16 Å². The second-order valence-corrected chi connectivity index (χ2v) is 5.64. The molecular formula is C16H16N4O5. The first-order chi connectivity index (χ1) is 12.1. The molecule has 0 atom stereocenters. The highest BCUT2D eigenvalue weighted by Gasteiger charge is 2.31. The zero-order valence-electron chi connectivity index (χ0n) is 13.5. The molecule has 9 nitrogen and oxygen atoms in total. The topological polar surface area (TPSA) is 109 Å². The molecule has 1 saturated carbocycles. The smallest absolute Gasteiger partial charge is 0.338 e. The van der Waals surface area contributed by atoms with E-state index >= 15 is 0 Å². The molecule has 1 heterocycles. The second-order valence-electron chi connectivity index (χ2n) is 5.64. The standard InChI is InChI=1S/C16H16N4O5/c1-24-15-5-2-11(7-18-25-16(21)12-3-4-12)6-13(15)9-19-10-14(8-17-19)20(22)23/h2,5-8,10,12H,3-4,9H2,1H3/b18-7+. The number of aromatic nitrogens is 2. The third kappa shape index (κ3) is 4.19. The Morgan fingerprint density at radius 1 is 1.52 bits per heavy atom. The maximum absolute atomic E-state index is 11.4. The van der Waals surface area contributed by atoms with E-state index in [1.165, 1.54) is 30.4 Å². The predicted molar refractivity (Wildman–Crippen MR) is 87.4 cm³/mol. The highest BCUT2D eigenvalue weighted by Crippen LogP contribution is 2.30. The molecule has 1 fully saturated rings. The predicted octanol–water partition coefficient (Wildman–Crippen LogP) is 2.14. The number of nitrogens with zero attached hydrogens (tertiary/aromatic N) is 4. The Morgan fingerprint density at radius 2 is 2.32 bits per heavy atom. The van der Waals surface area contributed by atoms with Gasteiger partial charge < -0.3 is 9.57 Å². The van der Waals surface area contributed by atoms with E-state index in [4.69, 9.17) is 9.57 Å². The Kier molecular flexibility index (Phi) is 4.73. The Hall–Kier alpha value is -3.23. The van der Waals surface area contributed by atoms with E-state index in [9.17, 15) is 14.9 Å². The van der Waals surface area contributed by atoms with Crippen LogP contribution in [0.2, 0.25) is 0 Å². The summed E-state index contributed by atoms with van der Waals surface area (Å²) in [7, 11) is 1.54. The number of oxime groups is 1. The van der Waals surface area contributed by atoms with Crippen LogP contribution < -0.4 is 4.74 Å². The first-order valence-electron chi connectivity index (χ1n) is 7.65. The molecule has 25 heavy (non-hydrogen) atoms. The molecule has 1 aliphatic rings. The van der Waals surface area contributed by atoms with Crippen molar-refractivity contribution in [3.05, 3.63) is 51.8 Å². The molecule has 1 aliphatic carbocycles. The molecule has 3 rings (SSSR count). The van der Waals surface area contributed by atoms with Crippen LogP contribution in [0.15, 0.2) is 35.7 Å². The van der Waals surface area contributed by atoms with Crippen molar-refractivity contribution in [1.29, 1.82) is 0 Å². The van der Waals surface area contributed by atoms with Gasteiger partial charge in [0.15, 0.2) is 0 Å². The van der Waals surface area contributed by atoms with Crippen molar-refractivity contribution in [2.24, 2.45) is 11.1 Å². The fraction of sp³-hybridized carbons (Fsp3) is 0.312. The maximum Gasteiger partial charge on any atom is 0.338 e. The van der Waals surface area contributed by atoms with Crippen LogP contribution in [-0.2, 0) is 16.2 Å². The summed E-state index contributed by atoms with van der Waals surface area (Å²) in [5.41, 5.74) is 1.39. The molecule has 2 aromatic rings. The van der Waals surface area contributed by atoms with Gasteiger partial charge in [-0.05, 0) is 36.6 Å². The van der Waals surface area contributed by atoms with Gasteiger partial charge in [0.05, 0.1) is 30.7 Å². The molecule has 130 valence electrons. The van der Waals surface area contributed by atoms with Crippen LogP contribution in [0.3, 0.4) is 0 Å². The summed E-state index contributed by atoms with van der Waals surface area (Å²) >= 11 is 0. The summed E-state index contributed by atoms with van der Waals surface area (Å²) in [5, 5.41) is 18.4. The van der Waals surface area contributed by atoms with Crippen molar-refractivity contribution in [1.82, 2.24) is 9.78 Å². The minimum absolute atomic E-state index is 0.0146. The van der Waals surface area contributed by atoms with E-state index in [1.807, 2.05) is 0 Å². The minimum Gasteiger partial charge on any atom is -0.496 e. The molecular weight excluding hydrogens is 328 g/mol. The van der Waals surface area contributed by atoms with E-state index in [-0.39, 0.29) is 17.6 Å². The Labute approximate surface area is 143 Å². The summed E-state index contributed by atoms with van der Waals surface area (Å²) in [6.07, 6.45) is 5.69. The number of carbonyl (C=O) groups is 1. The van der Waals surface area contributed by atoms with E-state index in [2.05, 4.69) is 10.3 Å². The zero-order valence-corrected chi connectivity index (χ0v) is 13.5. The third-order valence-corrected chi connectivity index (χ3v) is 3.72. The highest BCUT2D eigenvalue weighted by molar-refractivity contribution is 5.81. The summed E-state index contributed by atoms with van der Waals surface area (Å²) in [4.78, 5) is 26.5. The quantitative estimate of drug-likeness (QED) is 0.329. The summed E-state index contributed by atoms with van der Waals surface area (Å²) in [6.45, 7) is 0.292. The average molecular weight is 344 g/mol. The lowest BCUT2D eigenvalue weighted by Crippen LogP contribution is -2.04. The number of nitro groups is 1. The third-order valence-electron chi connectivity index (χ3n) is 3.72. The van der Waals surface area contributed by atoms with Crippen molar-refractivity contribution in [3.63, 3.8) is 0 Å². The molecule has 0 amide bonds. The Bertz CT molecular complexity index is 826. The number of hydrogen-bond donors (Lipinski definition) is 0. The van der Waals surface area contributed by atoms with Crippen molar-refractivity contribution in [2.75, 3.05) is 7.11 Å². The maximum atomic E-state index is 11.4. The van der Waals surface area contributed by atoms with Gasteiger partial charge in [0.2, 0.25) is 0 Å². The lowest BCUT2D eigenvalue weighted by molar-refractivity contribution is -0.385. The number of ether oxygens (including phenoxy) is 1. The molecule has 0 radical (unpaired) electrons. The van der Waals surface area contributed by atoms with E-state index in [0.717, 1.165) is 18.4 Å². The fourth-order valence-corrected chi connectivity index (χ4v) is 2.24. The van der Waals surface area contributed by atoms with Gasteiger partial charge in [0.25, 0.3) is 0 Å². The molecule has 1 aromatic heterocycles. The molecule has 0 spiro atoms. The number of carbonyl (C=O) groups excluding carboxylic acids is 1. The number of benzene rings is 1. The fourth-order valence-electron chi connectivity index (χ4n) is 2.24. The van der Waals surface area contributed by atoms with Crippen molar-refractivity contribution in [2.45, 2.75) is 19.4 Å². The molecule has 0 unspecified atom stereocenters. The molecule has 0 saturated heterocycles. The SMILES string of the molecule is COc1ccc(/C=N/OC(=O)C2CC2)cc1Cn1cc([N+](=O)[O-])cn1. The summed E-state index contributed by atoms with van der Waals surface area (Å²) in [5.74, 6) is 0.290. The van der Waals surface area contributed by atoms with Gasteiger partial charge >= 0.3 is 11.7 Å². The van der Waals surface area contributed by atoms with Crippen LogP contribution in [-0.4, -0.2) is 34.0 Å². The van der Waals surface area contributed by atoms with Crippen LogP contribution >= 0.6 is 0 Å². The van der Waals surface area contributed by atoms with Crippen LogP contribution in [0.25, 0.3) is 0 Å². The molecule has 1 aromatic carbocycles. The number of rotatable bonds is 7. The van der Waals surface area contributed by atoms with Crippen molar-refractivity contribution >= 4 is 17.9 Å². The van der Waals surface area contributed by atoms with E-state index in [0.29, 0.717) is 17.9 Å². The monoisotopic (exact) mass is 344 g/mol. The van der Waals surface area contributed by atoms with Gasteiger partial charge in [-0.25, -0.2) is 4.79 Å². The van der Waals surface area contributed by atoms with Gasteiger partial charge in [0, 0.05) is 5.56 Å². The minimum atomic E-state index is -0.502. The summed E-state index contributed by atoms with van der Waals surface area (Å²) < 4.78 is 6.75. The van der Waals surface area contributed by atoms with Crippen molar-refractivity contribution < 1.29 is 19.3 Å². The molecule has 0 N–H and O–H groups in total. The second kappa shape index (κ2) is 7.12. The molecule has 0 bridgehead atoms. The summed E-state index contributed by atoms with van der Waals surface area (Å²) in [6, 6.07) is 5.31. The van der Waals surface area contributed by atoms with Crippen LogP contribution in [0.1, 0.15) is 24.0 Å².